The maximum Gasteiger partial charge on any atom is 0.348 e. The van der Waals surface area contributed by atoms with Crippen LogP contribution in [0.15, 0.2) is 24.3 Å². The Labute approximate surface area is 254 Å². The van der Waals surface area contributed by atoms with Gasteiger partial charge in [0.05, 0.1) is 16.1 Å². The number of aromatic nitrogens is 1. The number of rotatable bonds is 7. The fourth-order valence-corrected chi connectivity index (χ4v) is 8.03. The van der Waals surface area contributed by atoms with E-state index < -0.39 is 11.5 Å². The average molecular weight is 592 g/mol. The normalized spacial score (nSPS) is 22.2. The molecule has 1 aliphatic heterocycles. The molecule has 0 aromatic carbocycles. The Bertz CT molecular complexity index is 1330. The number of carbonyl (C=O) groups excluding carboxylic acids is 1. The van der Waals surface area contributed by atoms with Crippen molar-refractivity contribution >= 4 is 34.7 Å². The molecule has 1 saturated heterocycles. The fourth-order valence-electron chi connectivity index (χ4n) is 7.19. The number of nitrogens with zero attached hydrogens (tertiary/aromatic N) is 3. The minimum absolute atomic E-state index is 0.0870. The third kappa shape index (κ3) is 6.78. The lowest BCUT2D eigenvalue weighted by atomic mass is 9.66. The van der Waals surface area contributed by atoms with Crippen molar-refractivity contribution in [3.63, 3.8) is 0 Å². The molecular weight excluding hydrogens is 546 g/mol. The number of ether oxygens (including phenoxy) is 1. The van der Waals surface area contributed by atoms with Gasteiger partial charge in [-0.1, -0.05) is 37.2 Å². The van der Waals surface area contributed by atoms with E-state index >= 15 is 0 Å². The molecule has 3 aliphatic rings. The third-order valence-corrected chi connectivity index (χ3v) is 10.1. The molecule has 2 aromatic rings. The van der Waals surface area contributed by atoms with Gasteiger partial charge in [-0.05, 0) is 90.2 Å². The summed E-state index contributed by atoms with van der Waals surface area (Å²) < 4.78 is 6.42. The monoisotopic (exact) mass is 591 g/mol. The molecule has 0 spiro atoms. The highest BCUT2D eigenvalue weighted by Crippen LogP contribution is 2.49. The zero-order valence-corrected chi connectivity index (χ0v) is 26.4. The molecule has 1 amide bonds. The second kappa shape index (κ2) is 12.7. The second-order valence-corrected chi connectivity index (χ2v) is 14.3. The van der Waals surface area contributed by atoms with Crippen molar-refractivity contribution in [3.05, 3.63) is 34.0 Å². The summed E-state index contributed by atoms with van der Waals surface area (Å²) in [6.07, 6.45) is 11.2. The summed E-state index contributed by atoms with van der Waals surface area (Å²) in [7, 11) is 0. The van der Waals surface area contributed by atoms with Crippen LogP contribution in [-0.2, 0) is 4.79 Å². The fraction of sp³-hybridized carbons (Fsp3) is 0.618. The molecule has 0 atom stereocenters. The molecule has 1 N–H and O–H groups in total. The first-order chi connectivity index (χ1) is 20.1. The first-order valence-corrected chi connectivity index (χ1v) is 16.5. The van der Waals surface area contributed by atoms with Crippen molar-refractivity contribution in [1.29, 1.82) is 0 Å². The van der Waals surface area contributed by atoms with Gasteiger partial charge < -0.3 is 19.6 Å². The van der Waals surface area contributed by atoms with Gasteiger partial charge in [-0.3, -0.25) is 4.79 Å². The van der Waals surface area contributed by atoms with Gasteiger partial charge in [-0.15, -0.1) is 11.3 Å². The summed E-state index contributed by atoms with van der Waals surface area (Å²) in [6.45, 7) is 9.79. The number of carbonyl (C=O) groups is 2. The van der Waals surface area contributed by atoms with Crippen LogP contribution in [-0.4, -0.2) is 46.7 Å². The molecule has 5 rings (SSSR count). The zero-order chi connectivity index (χ0) is 29.9. The van der Waals surface area contributed by atoms with Crippen molar-refractivity contribution < 1.29 is 19.4 Å². The predicted molar refractivity (Wildman–Crippen MR) is 169 cm³/mol. The molecule has 0 unspecified atom stereocenters. The van der Waals surface area contributed by atoms with E-state index in [9.17, 15) is 14.7 Å². The lowest BCUT2D eigenvalue weighted by molar-refractivity contribution is -0.118. The first-order valence-electron chi connectivity index (χ1n) is 15.7. The van der Waals surface area contributed by atoms with Crippen molar-refractivity contribution in [2.45, 2.75) is 110 Å². The molecule has 7 nitrogen and oxygen atoms in total. The van der Waals surface area contributed by atoms with Crippen molar-refractivity contribution in [2.24, 2.45) is 11.3 Å². The number of hydrogen-bond acceptors (Lipinski definition) is 6. The molecule has 3 heterocycles. The SMILES string of the molecule is CC(=O)N(c1cc(C#CC(C)(C)C)sc1C(=O)O)C1(C2CCC(Oc3cccc(N4CCCC4)n3)CC2)CCCCC1. The van der Waals surface area contributed by atoms with Crippen LogP contribution in [0.5, 0.6) is 5.88 Å². The van der Waals surface area contributed by atoms with Gasteiger partial charge in [-0.25, -0.2) is 4.79 Å². The van der Waals surface area contributed by atoms with Gasteiger partial charge in [0.15, 0.2) is 0 Å². The standard InChI is InChI=1S/C34H45N3O4S/c1-24(38)37(28-23-27(17-20-33(2,3)4)42-31(28)32(39)40)34(18-6-5-7-19-34)25-13-15-26(16-14-25)41-30-12-10-11-29(35-30)36-21-8-9-22-36/h10-12,23,25-26H,5-9,13-16,18-19,21-22H2,1-4H3,(H,39,40). The average Bonchev–Trinajstić information content (AvgIpc) is 3.64. The second-order valence-electron chi connectivity index (χ2n) is 13.3. The van der Waals surface area contributed by atoms with Crippen LogP contribution in [0.1, 0.15) is 113 Å². The number of aromatic carboxylic acids is 1. The summed E-state index contributed by atoms with van der Waals surface area (Å²) in [4.78, 5) is 35.9. The Hall–Kier alpha value is -3.05. The Morgan fingerprint density at radius 1 is 1.07 bits per heavy atom. The number of pyridine rings is 1. The highest BCUT2D eigenvalue weighted by Gasteiger charge is 2.48. The Morgan fingerprint density at radius 2 is 1.76 bits per heavy atom. The van der Waals surface area contributed by atoms with Gasteiger partial charge >= 0.3 is 5.97 Å². The summed E-state index contributed by atoms with van der Waals surface area (Å²) in [6, 6.07) is 7.90. The topological polar surface area (TPSA) is 83.0 Å². The molecule has 42 heavy (non-hydrogen) atoms. The lowest BCUT2D eigenvalue weighted by Crippen LogP contribution is -2.58. The van der Waals surface area contributed by atoms with Crippen LogP contribution in [0.2, 0.25) is 0 Å². The quantitative estimate of drug-likeness (QED) is 0.335. The molecule has 0 radical (unpaired) electrons. The minimum Gasteiger partial charge on any atom is -0.477 e. The van der Waals surface area contributed by atoms with Gasteiger partial charge in [0.25, 0.3) is 0 Å². The Balaban J connectivity index is 1.38. The van der Waals surface area contributed by atoms with Crippen LogP contribution >= 0.6 is 11.3 Å². The summed E-state index contributed by atoms with van der Waals surface area (Å²) >= 11 is 1.18. The van der Waals surface area contributed by atoms with E-state index in [-0.39, 0.29) is 28.2 Å². The van der Waals surface area contributed by atoms with Gasteiger partial charge in [0, 0.05) is 31.5 Å². The van der Waals surface area contributed by atoms with Gasteiger partial charge in [0.1, 0.15) is 16.8 Å². The van der Waals surface area contributed by atoms with Crippen LogP contribution in [0.25, 0.3) is 0 Å². The first kappa shape index (κ1) is 30.4. The molecule has 2 aromatic heterocycles. The minimum atomic E-state index is -1.00. The number of hydrogen-bond donors (Lipinski definition) is 1. The van der Waals surface area contributed by atoms with E-state index in [1.165, 1.54) is 24.2 Å². The number of anilines is 2. The third-order valence-electron chi connectivity index (χ3n) is 9.05. The van der Waals surface area contributed by atoms with E-state index in [1.807, 2.05) is 43.9 Å². The van der Waals surface area contributed by atoms with E-state index in [1.54, 1.807) is 6.92 Å². The molecule has 3 fully saturated rings. The molecule has 8 heteroatoms. The molecule has 2 aliphatic carbocycles. The zero-order valence-electron chi connectivity index (χ0n) is 25.6. The highest BCUT2D eigenvalue weighted by atomic mass is 32.1. The number of thiophene rings is 1. The summed E-state index contributed by atoms with van der Waals surface area (Å²) in [5, 5.41) is 10.2. The number of amides is 1. The van der Waals surface area contributed by atoms with Crippen molar-refractivity contribution in [3.8, 4) is 17.7 Å². The van der Waals surface area contributed by atoms with E-state index in [0.29, 0.717) is 16.4 Å². The van der Waals surface area contributed by atoms with Crippen molar-refractivity contribution in [2.75, 3.05) is 22.9 Å². The molecular formula is C34H45N3O4S. The Morgan fingerprint density at radius 3 is 2.38 bits per heavy atom. The largest absolute Gasteiger partial charge is 0.477 e. The Kier molecular flexibility index (Phi) is 9.17. The maximum atomic E-state index is 13.5. The smallest absolute Gasteiger partial charge is 0.348 e. The van der Waals surface area contributed by atoms with Crippen LogP contribution in [0, 0.1) is 23.2 Å². The van der Waals surface area contributed by atoms with Gasteiger partial charge in [-0.2, -0.15) is 4.98 Å². The van der Waals surface area contributed by atoms with Crippen molar-refractivity contribution in [1.82, 2.24) is 4.98 Å². The van der Waals surface area contributed by atoms with E-state index in [0.717, 1.165) is 76.7 Å². The van der Waals surface area contributed by atoms with Gasteiger partial charge in [0.2, 0.25) is 11.8 Å². The number of carboxylic acids is 1. The molecule has 2 saturated carbocycles. The predicted octanol–water partition coefficient (Wildman–Crippen LogP) is 7.53. The summed E-state index contributed by atoms with van der Waals surface area (Å²) in [5.74, 6) is 7.27. The maximum absolute atomic E-state index is 13.5. The molecule has 226 valence electrons. The lowest BCUT2D eigenvalue weighted by Gasteiger charge is -2.52. The van der Waals surface area contributed by atoms with Crippen LogP contribution in [0.3, 0.4) is 0 Å². The number of carboxylic acid groups (broad SMARTS) is 1. The summed E-state index contributed by atoms with van der Waals surface area (Å²) in [5.41, 5.74) is -0.0889. The van der Waals surface area contributed by atoms with E-state index in [4.69, 9.17) is 9.72 Å². The van der Waals surface area contributed by atoms with Crippen LogP contribution in [0.4, 0.5) is 11.5 Å². The highest BCUT2D eigenvalue weighted by molar-refractivity contribution is 7.15. The van der Waals surface area contributed by atoms with Crippen LogP contribution < -0.4 is 14.5 Å². The molecule has 0 bridgehead atoms. The van der Waals surface area contributed by atoms with E-state index in [2.05, 4.69) is 22.8 Å².